The van der Waals surface area contributed by atoms with Crippen LogP contribution in [0.1, 0.15) is 57.2 Å². The van der Waals surface area contributed by atoms with Crippen LogP contribution in [0.5, 0.6) is 0 Å². The molecule has 5 nitrogen and oxygen atoms in total. The summed E-state index contributed by atoms with van der Waals surface area (Å²) in [7, 11) is 0. The number of imidazole rings is 1. The van der Waals surface area contributed by atoms with Crippen molar-refractivity contribution in [3.63, 3.8) is 0 Å². The number of aliphatic hydroxyl groups excluding tert-OH is 1. The van der Waals surface area contributed by atoms with Gasteiger partial charge in [-0.1, -0.05) is 31.4 Å². The molecule has 1 aliphatic carbocycles. The van der Waals surface area contributed by atoms with Crippen molar-refractivity contribution in [3.05, 3.63) is 30.1 Å². The Labute approximate surface area is 143 Å². The van der Waals surface area contributed by atoms with Gasteiger partial charge in [-0.05, 0) is 38.3 Å². The van der Waals surface area contributed by atoms with Gasteiger partial charge in [-0.15, -0.1) is 0 Å². The second-order valence-corrected chi connectivity index (χ2v) is 6.87. The fourth-order valence-corrected chi connectivity index (χ4v) is 3.55. The van der Waals surface area contributed by atoms with Gasteiger partial charge in [-0.25, -0.2) is 4.98 Å². The number of carbonyl (C=O) groups excluding carboxylic acids is 1. The number of fused-ring (bicyclic) bond motifs is 1. The van der Waals surface area contributed by atoms with E-state index in [4.69, 9.17) is 4.98 Å². The van der Waals surface area contributed by atoms with Crippen molar-refractivity contribution in [2.24, 2.45) is 0 Å². The molecule has 24 heavy (non-hydrogen) atoms. The van der Waals surface area contributed by atoms with Crippen molar-refractivity contribution < 1.29 is 9.90 Å². The zero-order valence-electron chi connectivity index (χ0n) is 14.4. The van der Waals surface area contributed by atoms with Gasteiger partial charge >= 0.3 is 0 Å². The molecule has 130 valence electrons. The molecule has 1 unspecified atom stereocenters. The van der Waals surface area contributed by atoms with Crippen molar-refractivity contribution in [3.8, 4) is 0 Å². The number of aromatic nitrogens is 2. The summed E-state index contributed by atoms with van der Waals surface area (Å²) in [4.78, 5) is 17.2. The fraction of sp³-hybridized carbons (Fsp3) is 0.579. The average molecular weight is 329 g/mol. The van der Waals surface area contributed by atoms with E-state index in [1.165, 1.54) is 19.3 Å². The van der Waals surface area contributed by atoms with Gasteiger partial charge < -0.3 is 15.0 Å². The summed E-state index contributed by atoms with van der Waals surface area (Å²) in [5.74, 6) is 1.49. The molecule has 0 spiro atoms. The number of hydrogen-bond donors (Lipinski definition) is 2. The number of para-hydroxylation sites is 2. The predicted molar refractivity (Wildman–Crippen MR) is 94.9 cm³/mol. The first-order valence-corrected chi connectivity index (χ1v) is 9.05. The molecule has 2 aromatic rings. The normalized spacial score (nSPS) is 17.1. The van der Waals surface area contributed by atoms with Crippen LogP contribution in [-0.2, 0) is 11.3 Å². The van der Waals surface area contributed by atoms with E-state index in [9.17, 15) is 9.90 Å². The van der Waals surface area contributed by atoms with Crippen LogP contribution in [-0.4, -0.2) is 33.2 Å². The van der Waals surface area contributed by atoms with Crippen LogP contribution >= 0.6 is 0 Å². The lowest BCUT2D eigenvalue weighted by Crippen LogP contribution is -2.30. The monoisotopic (exact) mass is 329 g/mol. The van der Waals surface area contributed by atoms with Crippen LogP contribution < -0.4 is 5.32 Å². The molecule has 2 N–H and O–H groups in total. The second kappa shape index (κ2) is 7.79. The first kappa shape index (κ1) is 17.0. The van der Waals surface area contributed by atoms with Crippen molar-refractivity contribution in [1.29, 1.82) is 0 Å². The Morgan fingerprint density at radius 1 is 1.33 bits per heavy atom. The van der Waals surface area contributed by atoms with E-state index in [-0.39, 0.29) is 5.91 Å². The Morgan fingerprint density at radius 2 is 2.08 bits per heavy atom. The standard InChI is InChI=1S/C19H27N3O2/c1-14(23)11-12-20-18(24)13-22-17-10-6-5-9-16(17)21-19(22)15-7-3-2-4-8-15/h5-6,9-10,14-15,23H,2-4,7-8,11-13H2,1H3,(H,20,24). The number of aliphatic hydroxyl groups is 1. The fourth-order valence-electron chi connectivity index (χ4n) is 3.55. The lowest BCUT2D eigenvalue weighted by atomic mass is 9.88. The van der Waals surface area contributed by atoms with Crippen LogP contribution in [0, 0.1) is 0 Å². The summed E-state index contributed by atoms with van der Waals surface area (Å²) in [6, 6.07) is 8.05. The Hall–Kier alpha value is -1.88. The molecule has 1 aliphatic rings. The largest absolute Gasteiger partial charge is 0.393 e. The lowest BCUT2D eigenvalue weighted by molar-refractivity contribution is -0.121. The number of hydrogen-bond acceptors (Lipinski definition) is 3. The molecule has 0 radical (unpaired) electrons. The smallest absolute Gasteiger partial charge is 0.240 e. The average Bonchev–Trinajstić information content (AvgIpc) is 2.94. The van der Waals surface area contributed by atoms with Crippen molar-refractivity contribution in [2.75, 3.05) is 6.54 Å². The summed E-state index contributed by atoms with van der Waals surface area (Å²) in [5, 5.41) is 12.2. The number of nitrogens with one attached hydrogen (secondary N) is 1. The number of rotatable bonds is 6. The number of amides is 1. The van der Waals surface area contributed by atoms with Crippen molar-refractivity contribution in [1.82, 2.24) is 14.9 Å². The molecule has 0 saturated heterocycles. The minimum absolute atomic E-state index is 0.0177. The van der Waals surface area contributed by atoms with Crippen molar-refractivity contribution in [2.45, 2.75) is 64.0 Å². The highest BCUT2D eigenvalue weighted by atomic mass is 16.3. The molecule has 5 heteroatoms. The predicted octanol–water partition coefficient (Wildman–Crippen LogP) is 2.97. The van der Waals surface area contributed by atoms with Crippen LogP contribution in [0.25, 0.3) is 11.0 Å². The van der Waals surface area contributed by atoms with Gasteiger partial charge in [0.2, 0.25) is 5.91 Å². The van der Waals surface area contributed by atoms with Crippen molar-refractivity contribution >= 4 is 16.9 Å². The summed E-state index contributed by atoms with van der Waals surface area (Å²) >= 11 is 0. The zero-order valence-corrected chi connectivity index (χ0v) is 14.4. The maximum absolute atomic E-state index is 12.3. The van der Waals surface area contributed by atoms with Crippen LogP contribution in [0.2, 0.25) is 0 Å². The Kier molecular flexibility index (Phi) is 5.51. The maximum atomic E-state index is 12.3. The quantitative estimate of drug-likeness (QED) is 0.856. The van der Waals surface area contributed by atoms with Gasteiger partial charge in [-0.2, -0.15) is 0 Å². The topological polar surface area (TPSA) is 67.2 Å². The summed E-state index contributed by atoms with van der Waals surface area (Å²) < 4.78 is 2.09. The summed E-state index contributed by atoms with van der Waals surface area (Å²) in [6.07, 6.45) is 6.29. The molecule has 1 fully saturated rings. The Balaban J connectivity index is 1.80. The summed E-state index contributed by atoms with van der Waals surface area (Å²) in [6.45, 7) is 2.53. The molecule has 1 heterocycles. The van der Waals surface area contributed by atoms with E-state index >= 15 is 0 Å². The molecule has 1 aromatic heterocycles. The number of nitrogens with zero attached hydrogens (tertiary/aromatic N) is 2. The highest BCUT2D eigenvalue weighted by molar-refractivity contribution is 5.81. The summed E-state index contributed by atoms with van der Waals surface area (Å²) in [5.41, 5.74) is 2.00. The maximum Gasteiger partial charge on any atom is 0.240 e. The number of carbonyl (C=O) groups is 1. The molecule has 1 saturated carbocycles. The van der Waals surface area contributed by atoms with E-state index in [0.717, 1.165) is 29.7 Å². The first-order chi connectivity index (χ1) is 11.6. The molecular weight excluding hydrogens is 302 g/mol. The van der Waals surface area contributed by atoms with Crippen LogP contribution in [0.3, 0.4) is 0 Å². The lowest BCUT2D eigenvalue weighted by Gasteiger charge is -2.22. The zero-order chi connectivity index (χ0) is 16.9. The van der Waals surface area contributed by atoms with E-state index in [0.29, 0.717) is 25.4 Å². The third-order valence-electron chi connectivity index (χ3n) is 4.84. The van der Waals surface area contributed by atoms with Gasteiger partial charge in [0, 0.05) is 12.5 Å². The first-order valence-electron chi connectivity index (χ1n) is 9.05. The third kappa shape index (κ3) is 3.96. The van der Waals surface area contributed by atoms with Gasteiger partial charge in [0.25, 0.3) is 0 Å². The van der Waals surface area contributed by atoms with Gasteiger partial charge in [0.05, 0.1) is 17.1 Å². The van der Waals surface area contributed by atoms with E-state index < -0.39 is 6.10 Å². The molecule has 1 atom stereocenters. The van der Waals surface area contributed by atoms with Crippen LogP contribution in [0.4, 0.5) is 0 Å². The Bertz CT molecular complexity index is 687. The van der Waals surface area contributed by atoms with Crippen LogP contribution in [0.15, 0.2) is 24.3 Å². The molecular formula is C19H27N3O2. The second-order valence-electron chi connectivity index (χ2n) is 6.87. The molecule has 0 aliphatic heterocycles. The molecule has 0 bridgehead atoms. The third-order valence-corrected chi connectivity index (χ3v) is 4.84. The molecule has 1 amide bonds. The SMILES string of the molecule is CC(O)CCNC(=O)Cn1c(C2CCCCC2)nc2ccccc21. The van der Waals surface area contributed by atoms with E-state index in [1.807, 2.05) is 24.3 Å². The van der Waals surface area contributed by atoms with E-state index in [2.05, 4.69) is 9.88 Å². The minimum atomic E-state index is -0.392. The molecule has 3 rings (SSSR count). The number of benzene rings is 1. The highest BCUT2D eigenvalue weighted by Crippen LogP contribution is 2.33. The highest BCUT2D eigenvalue weighted by Gasteiger charge is 2.23. The molecule has 1 aromatic carbocycles. The van der Waals surface area contributed by atoms with Gasteiger partial charge in [-0.3, -0.25) is 4.79 Å². The van der Waals surface area contributed by atoms with Gasteiger partial charge in [0.15, 0.2) is 0 Å². The minimum Gasteiger partial charge on any atom is -0.393 e. The Morgan fingerprint density at radius 3 is 2.83 bits per heavy atom. The van der Waals surface area contributed by atoms with Gasteiger partial charge in [0.1, 0.15) is 12.4 Å². The van der Waals surface area contributed by atoms with E-state index in [1.54, 1.807) is 6.92 Å².